The van der Waals surface area contributed by atoms with Crippen LogP contribution in [0.4, 0.5) is 0 Å². The maximum atomic E-state index is 12.0. The van der Waals surface area contributed by atoms with E-state index >= 15 is 0 Å². The number of benzene rings is 1. The minimum absolute atomic E-state index is 0.0891. The third-order valence-electron chi connectivity index (χ3n) is 9.11. The largest absolute Gasteiger partial charge is 0.490 e. The van der Waals surface area contributed by atoms with E-state index in [1.54, 1.807) is 6.08 Å². The fourth-order valence-electron chi connectivity index (χ4n) is 7.58. The van der Waals surface area contributed by atoms with Crippen molar-refractivity contribution < 1.29 is 9.53 Å². The van der Waals surface area contributed by atoms with Crippen LogP contribution in [-0.2, 0) is 4.79 Å². The van der Waals surface area contributed by atoms with Crippen molar-refractivity contribution in [3.8, 4) is 5.75 Å². The molecule has 1 unspecified atom stereocenters. The second kappa shape index (κ2) is 6.62. The summed E-state index contributed by atoms with van der Waals surface area (Å²) in [4.78, 5) is 12.0. The topological polar surface area (TPSA) is 38.3 Å². The molecule has 1 aromatic carbocycles. The fourth-order valence-corrected chi connectivity index (χ4v) is 7.58. The molecule has 0 spiro atoms. The molecule has 0 radical (unpaired) electrons. The molecule has 1 aliphatic heterocycles. The molecule has 29 heavy (non-hydrogen) atoms. The van der Waals surface area contributed by atoms with Crippen LogP contribution in [0.3, 0.4) is 0 Å². The summed E-state index contributed by atoms with van der Waals surface area (Å²) in [6.07, 6.45) is 10.4. The number of fused-ring (bicyclic) bond motifs is 5. The molecule has 0 bridgehead atoms. The average molecular weight is 394 g/mol. The van der Waals surface area contributed by atoms with Gasteiger partial charge in [-0.3, -0.25) is 4.79 Å². The number of carbonyl (C=O) groups excluding carboxylic acids is 1. The summed E-state index contributed by atoms with van der Waals surface area (Å²) >= 11 is 0. The number of aryl methyl sites for hydroxylation is 1. The molecule has 3 saturated carbocycles. The molecule has 1 aromatic rings. The number of rotatable bonds is 2. The lowest BCUT2D eigenvalue weighted by Crippen LogP contribution is -2.61. The van der Waals surface area contributed by atoms with E-state index in [1.165, 1.54) is 31.2 Å². The second-order valence-electron chi connectivity index (χ2n) is 10.9. The molecule has 8 atom stereocenters. The van der Waals surface area contributed by atoms with Crippen LogP contribution in [0.2, 0.25) is 0 Å². The Hall–Kier alpha value is -1.77. The van der Waals surface area contributed by atoms with Gasteiger partial charge in [0.1, 0.15) is 5.75 Å². The van der Waals surface area contributed by atoms with E-state index in [4.69, 9.17) is 4.74 Å². The molecule has 4 aliphatic rings. The summed E-state index contributed by atoms with van der Waals surface area (Å²) in [5, 5.41) is 3.29. The van der Waals surface area contributed by atoms with Crippen LogP contribution in [0.25, 0.3) is 0 Å². The molecule has 3 heteroatoms. The first-order valence-corrected chi connectivity index (χ1v) is 11.5. The lowest BCUT2D eigenvalue weighted by Gasteiger charge is -2.60. The molecular formula is C26H35NO2. The highest BCUT2D eigenvalue weighted by Gasteiger charge is 2.60. The first-order valence-electron chi connectivity index (χ1n) is 11.5. The van der Waals surface area contributed by atoms with Crippen molar-refractivity contribution in [2.24, 2.45) is 34.5 Å². The van der Waals surface area contributed by atoms with E-state index in [0.29, 0.717) is 29.4 Å². The van der Waals surface area contributed by atoms with Gasteiger partial charge in [0.2, 0.25) is 5.91 Å². The Morgan fingerprint density at radius 2 is 1.86 bits per heavy atom. The Morgan fingerprint density at radius 1 is 1.10 bits per heavy atom. The molecule has 156 valence electrons. The molecule has 1 amide bonds. The van der Waals surface area contributed by atoms with Gasteiger partial charge in [0.25, 0.3) is 0 Å². The maximum absolute atomic E-state index is 12.0. The molecule has 0 saturated heterocycles. The average Bonchev–Trinajstić information content (AvgIpc) is 3.01. The normalized spacial score (nSPS) is 45.7. The molecule has 3 fully saturated rings. The second-order valence-corrected chi connectivity index (χ2v) is 10.9. The van der Waals surface area contributed by atoms with E-state index in [0.717, 1.165) is 24.0 Å². The summed E-state index contributed by atoms with van der Waals surface area (Å²) < 4.78 is 6.48. The monoisotopic (exact) mass is 393 g/mol. The lowest BCUT2D eigenvalue weighted by molar-refractivity contribution is -0.124. The smallest absolute Gasteiger partial charge is 0.243 e. The van der Waals surface area contributed by atoms with Crippen LogP contribution >= 0.6 is 0 Å². The van der Waals surface area contributed by atoms with Crippen LogP contribution in [-0.4, -0.2) is 18.1 Å². The molecule has 5 rings (SSSR count). The highest BCUT2D eigenvalue weighted by atomic mass is 16.5. The van der Waals surface area contributed by atoms with E-state index in [1.807, 2.05) is 0 Å². The predicted molar refractivity (Wildman–Crippen MR) is 116 cm³/mol. The number of carbonyl (C=O) groups is 1. The Balaban J connectivity index is 1.40. The van der Waals surface area contributed by atoms with Crippen LogP contribution in [0.5, 0.6) is 5.75 Å². The van der Waals surface area contributed by atoms with Crippen molar-refractivity contribution >= 4 is 5.91 Å². The zero-order valence-corrected chi connectivity index (χ0v) is 18.3. The Labute approximate surface area is 175 Å². The van der Waals surface area contributed by atoms with Crippen LogP contribution in [0, 0.1) is 41.4 Å². The highest BCUT2D eigenvalue weighted by molar-refractivity contribution is 5.89. The number of hydrogen-bond acceptors (Lipinski definition) is 2. The van der Waals surface area contributed by atoms with Crippen molar-refractivity contribution in [2.75, 3.05) is 0 Å². The Kier molecular flexibility index (Phi) is 4.38. The highest BCUT2D eigenvalue weighted by Crippen LogP contribution is 2.64. The molecule has 3 aliphatic carbocycles. The molecule has 1 heterocycles. The quantitative estimate of drug-likeness (QED) is 0.742. The van der Waals surface area contributed by atoms with Gasteiger partial charge in [-0.15, -0.1) is 0 Å². The molecule has 3 nitrogen and oxygen atoms in total. The summed E-state index contributed by atoms with van der Waals surface area (Å²) in [6, 6.07) is 8.81. The van der Waals surface area contributed by atoms with Crippen molar-refractivity contribution in [3.63, 3.8) is 0 Å². The molecular weight excluding hydrogens is 358 g/mol. The number of nitrogens with one attached hydrogen (secondary N) is 1. The summed E-state index contributed by atoms with van der Waals surface area (Å²) in [6.45, 7) is 9.47. The predicted octanol–water partition coefficient (Wildman–Crippen LogP) is 5.29. The number of hydrogen-bond donors (Lipinski definition) is 1. The van der Waals surface area contributed by atoms with Gasteiger partial charge in [-0.2, -0.15) is 0 Å². The number of amides is 1. The zero-order valence-electron chi connectivity index (χ0n) is 18.3. The summed E-state index contributed by atoms with van der Waals surface area (Å²) in [5.41, 5.74) is 1.76. The van der Waals surface area contributed by atoms with Gasteiger partial charge < -0.3 is 10.1 Å². The van der Waals surface area contributed by atoms with Gasteiger partial charge in [-0.1, -0.05) is 44.5 Å². The van der Waals surface area contributed by atoms with Crippen molar-refractivity contribution in [3.05, 3.63) is 42.0 Å². The van der Waals surface area contributed by atoms with E-state index in [9.17, 15) is 4.79 Å². The first-order chi connectivity index (χ1) is 13.8. The van der Waals surface area contributed by atoms with Crippen LogP contribution in [0.1, 0.15) is 58.4 Å². The van der Waals surface area contributed by atoms with Gasteiger partial charge in [-0.05, 0) is 86.3 Å². The minimum Gasteiger partial charge on any atom is -0.490 e. The Bertz CT molecular complexity index is 830. The van der Waals surface area contributed by atoms with Crippen molar-refractivity contribution in [1.29, 1.82) is 0 Å². The van der Waals surface area contributed by atoms with Gasteiger partial charge >= 0.3 is 0 Å². The SMILES string of the molecule is Cc1ccc(O[C@H]2C[C@H]3[C@@H]4C(C)C[C@H]5NC(=O)C=C[C@]5(C)[C@H]4CC[C@]3(C)C2)cc1. The van der Waals surface area contributed by atoms with Gasteiger partial charge in [-0.25, -0.2) is 0 Å². The van der Waals surface area contributed by atoms with Crippen LogP contribution in [0.15, 0.2) is 36.4 Å². The fraction of sp³-hybridized carbons (Fsp3) is 0.654. The standard InChI is InChI=1S/C26H35NO2/c1-16-5-7-18(8-6-16)29-19-14-21-24-17(2)13-22-26(4,12-10-23(28)27-22)20(24)9-11-25(21,3)15-19/h5-8,10,12,17,19-22,24H,9,11,13-15H2,1-4H3,(H,27,28)/t17?,19-,20-,21-,22+,24+,25+,26+/m0/s1. The Morgan fingerprint density at radius 3 is 2.62 bits per heavy atom. The lowest BCUT2D eigenvalue weighted by atomic mass is 9.46. The van der Waals surface area contributed by atoms with Gasteiger partial charge in [0.05, 0.1) is 6.10 Å². The summed E-state index contributed by atoms with van der Waals surface area (Å²) in [5.74, 6) is 3.85. The van der Waals surface area contributed by atoms with Crippen molar-refractivity contribution in [1.82, 2.24) is 5.32 Å². The van der Waals surface area contributed by atoms with Crippen molar-refractivity contribution in [2.45, 2.75) is 71.9 Å². The number of ether oxygens (including phenoxy) is 1. The third kappa shape index (κ3) is 3.04. The minimum atomic E-state index is 0.0891. The van der Waals surface area contributed by atoms with Gasteiger partial charge in [0.15, 0.2) is 0 Å². The molecule has 0 aromatic heterocycles. The van der Waals surface area contributed by atoms with Gasteiger partial charge in [0, 0.05) is 11.5 Å². The third-order valence-corrected chi connectivity index (χ3v) is 9.11. The first kappa shape index (κ1) is 19.2. The summed E-state index contributed by atoms with van der Waals surface area (Å²) in [7, 11) is 0. The van der Waals surface area contributed by atoms with E-state index < -0.39 is 0 Å². The van der Waals surface area contributed by atoms with Crippen LogP contribution < -0.4 is 10.1 Å². The van der Waals surface area contributed by atoms with E-state index in [-0.39, 0.29) is 11.3 Å². The molecule has 1 N–H and O–H groups in total. The maximum Gasteiger partial charge on any atom is 0.243 e. The zero-order chi connectivity index (χ0) is 20.4. The van der Waals surface area contributed by atoms with E-state index in [2.05, 4.69) is 63.4 Å².